The van der Waals surface area contributed by atoms with Crippen molar-refractivity contribution in [2.75, 3.05) is 11.9 Å². The zero-order valence-electron chi connectivity index (χ0n) is 12.0. The normalized spacial score (nSPS) is 11.8. The van der Waals surface area contributed by atoms with E-state index in [1.54, 1.807) is 0 Å². The summed E-state index contributed by atoms with van der Waals surface area (Å²) < 4.78 is 1.05. The number of pyridine rings is 1. The third-order valence-electron chi connectivity index (χ3n) is 3.12. The fourth-order valence-corrected chi connectivity index (χ4v) is 2.46. The topological polar surface area (TPSA) is 24.9 Å². The molecule has 102 valence electrons. The molecule has 0 radical (unpaired) electrons. The number of hydrogen-bond donors (Lipinski definition) is 1. The number of hydrogen-bond acceptors (Lipinski definition) is 2. The Morgan fingerprint density at radius 2 is 2.00 bits per heavy atom. The van der Waals surface area contributed by atoms with Crippen LogP contribution in [0.3, 0.4) is 0 Å². The second kappa shape index (κ2) is 5.49. The summed E-state index contributed by atoms with van der Waals surface area (Å²) in [5, 5.41) is 4.69. The molecule has 3 heteroatoms. The fourth-order valence-electron chi connectivity index (χ4n) is 2.00. The van der Waals surface area contributed by atoms with Gasteiger partial charge in [0.2, 0.25) is 0 Å². The van der Waals surface area contributed by atoms with E-state index in [0.29, 0.717) is 0 Å². The van der Waals surface area contributed by atoms with E-state index < -0.39 is 0 Å². The van der Waals surface area contributed by atoms with Crippen LogP contribution in [0.4, 0.5) is 5.69 Å². The van der Waals surface area contributed by atoms with Gasteiger partial charge < -0.3 is 5.32 Å². The van der Waals surface area contributed by atoms with Crippen molar-refractivity contribution in [2.45, 2.75) is 39.5 Å². The highest BCUT2D eigenvalue weighted by Gasteiger charge is 2.18. The molecule has 2 rings (SSSR count). The first-order valence-electron chi connectivity index (χ1n) is 6.77. The molecule has 1 aromatic carbocycles. The van der Waals surface area contributed by atoms with Crippen LogP contribution in [0.25, 0.3) is 10.9 Å². The Bertz CT molecular complexity index is 585. The van der Waals surface area contributed by atoms with Crippen LogP contribution in [-0.4, -0.2) is 11.5 Å². The molecule has 0 bridgehead atoms. The molecular weight excluding hydrogens is 300 g/mol. The van der Waals surface area contributed by atoms with E-state index in [1.165, 1.54) is 11.1 Å². The van der Waals surface area contributed by atoms with Gasteiger partial charge in [0.15, 0.2) is 0 Å². The van der Waals surface area contributed by atoms with E-state index in [2.05, 4.69) is 67.1 Å². The zero-order chi connectivity index (χ0) is 14.0. The zero-order valence-corrected chi connectivity index (χ0v) is 13.6. The minimum atomic E-state index is 0.0477. The van der Waals surface area contributed by atoms with Crippen LogP contribution in [0.15, 0.2) is 28.7 Å². The molecule has 0 aliphatic rings. The lowest BCUT2D eigenvalue weighted by Gasteiger charge is -2.21. The molecule has 1 aromatic heterocycles. The van der Waals surface area contributed by atoms with Crippen molar-refractivity contribution in [1.82, 2.24) is 4.98 Å². The predicted octanol–water partition coefficient (Wildman–Crippen LogP) is 5.12. The van der Waals surface area contributed by atoms with E-state index in [4.69, 9.17) is 4.98 Å². The van der Waals surface area contributed by atoms with Gasteiger partial charge in [-0.15, -0.1) is 0 Å². The van der Waals surface area contributed by atoms with E-state index >= 15 is 0 Å². The molecule has 19 heavy (non-hydrogen) atoms. The maximum Gasteiger partial charge on any atom is 0.0868 e. The molecule has 2 aromatic rings. The van der Waals surface area contributed by atoms with Crippen molar-refractivity contribution < 1.29 is 0 Å². The van der Waals surface area contributed by atoms with E-state index in [9.17, 15) is 0 Å². The highest BCUT2D eigenvalue weighted by atomic mass is 79.9. The molecule has 0 saturated heterocycles. The lowest BCUT2D eigenvalue weighted by atomic mass is 9.90. The summed E-state index contributed by atoms with van der Waals surface area (Å²) >= 11 is 3.61. The average molecular weight is 321 g/mol. The van der Waals surface area contributed by atoms with Gasteiger partial charge in [0.1, 0.15) is 0 Å². The van der Waals surface area contributed by atoms with Gasteiger partial charge in [-0.2, -0.15) is 0 Å². The maximum absolute atomic E-state index is 4.83. The molecule has 1 heterocycles. The molecule has 0 atom stereocenters. The van der Waals surface area contributed by atoms with Gasteiger partial charge in [0.05, 0.1) is 5.52 Å². The van der Waals surface area contributed by atoms with Crippen molar-refractivity contribution in [3.63, 3.8) is 0 Å². The van der Waals surface area contributed by atoms with Crippen LogP contribution in [0.1, 0.15) is 39.8 Å². The van der Waals surface area contributed by atoms with Crippen LogP contribution in [0, 0.1) is 0 Å². The maximum atomic E-state index is 4.83. The SMILES string of the molecule is CCCNc1cc(C(C)(C)C)nc2c(Br)cccc12. The highest BCUT2D eigenvalue weighted by Crippen LogP contribution is 2.32. The number of rotatable bonds is 3. The summed E-state index contributed by atoms with van der Waals surface area (Å²) in [5.41, 5.74) is 3.38. The number of halogens is 1. The molecule has 0 aliphatic carbocycles. The quantitative estimate of drug-likeness (QED) is 0.849. The molecule has 0 amide bonds. The Kier molecular flexibility index (Phi) is 4.14. The standard InChI is InChI=1S/C16H21BrN2/c1-5-9-18-13-10-14(16(2,3)4)19-15-11(13)7-6-8-12(15)17/h6-8,10H,5,9H2,1-4H3,(H,18,19). The van der Waals surface area contributed by atoms with Crippen molar-refractivity contribution in [2.24, 2.45) is 0 Å². The number of aromatic nitrogens is 1. The van der Waals surface area contributed by atoms with Gasteiger partial charge in [0, 0.05) is 33.2 Å². The number of nitrogens with zero attached hydrogens (tertiary/aromatic N) is 1. The van der Waals surface area contributed by atoms with E-state index in [1.807, 2.05) is 6.07 Å². The number of nitrogens with one attached hydrogen (secondary N) is 1. The number of anilines is 1. The smallest absolute Gasteiger partial charge is 0.0868 e. The van der Waals surface area contributed by atoms with Gasteiger partial charge in [-0.1, -0.05) is 39.8 Å². The van der Waals surface area contributed by atoms with Gasteiger partial charge >= 0.3 is 0 Å². The first kappa shape index (κ1) is 14.3. The lowest BCUT2D eigenvalue weighted by molar-refractivity contribution is 0.571. The van der Waals surface area contributed by atoms with Crippen molar-refractivity contribution >= 4 is 32.5 Å². The summed E-state index contributed by atoms with van der Waals surface area (Å²) in [4.78, 5) is 4.83. The Hall–Kier alpha value is -1.09. The van der Waals surface area contributed by atoms with Crippen LogP contribution in [0.2, 0.25) is 0 Å². The minimum absolute atomic E-state index is 0.0477. The molecule has 0 fully saturated rings. The molecule has 0 aliphatic heterocycles. The van der Waals surface area contributed by atoms with Gasteiger partial charge in [-0.25, -0.2) is 0 Å². The van der Waals surface area contributed by atoms with Crippen molar-refractivity contribution in [3.8, 4) is 0 Å². The first-order valence-corrected chi connectivity index (χ1v) is 7.56. The summed E-state index contributed by atoms with van der Waals surface area (Å²) in [6.45, 7) is 9.75. The van der Waals surface area contributed by atoms with E-state index in [-0.39, 0.29) is 5.41 Å². The third-order valence-corrected chi connectivity index (χ3v) is 3.76. The van der Waals surface area contributed by atoms with Crippen LogP contribution in [0.5, 0.6) is 0 Å². The Morgan fingerprint density at radius 3 is 2.63 bits per heavy atom. The molecule has 1 N–H and O–H groups in total. The summed E-state index contributed by atoms with van der Waals surface area (Å²) in [6, 6.07) is 8.41. The van der Waals surface area contributed by atoms with E-state index in [0.717, 1.165) is 28.6 Å². The molecule has 2 nitrogen and oxygen atoms in total. The lowest BCUT2D eigenvalue weighted by Crippen LogP contribution is -2.14. The van der Waals surface area contributed by atoms with Crippen LogP contribution >= 0.6 is 15.9 Å². The average Bonchev–Trinajstić information content (AvgIpc) is 2.35. The summed E-state index contributed by atoms with van der Waals surface area (Å²) in [5.74, 6) is 0. The number of benzene rings is 1. The number of fused-ring (bicyclic) bond motifs is 1. The second-order valence-corrected chi connectivity index (χ2v) is 6.72. The monoisotopic (exact) mass is 320 g/mol. The third kappa shape index (κ3) is 3.08. The molecule has 0 unspecified atom stereocenters. The Labute approximate surface area is 123 Å². The molecule has 0 saturated carbocycles. The fraction of sp³-hybridized carbons (Fsp3) is 0.438. The Balaban J connectivity index is 2.66. The van der Waals surface area contributed by atoms with Crippen molar-refractivity contribution in [1.29, 1.82) is 0 Å². The summed E-state index contributed by atoms with van der Waals surface area (Å²) in [6.07, 6.45) is 1.11. The first-order chi connectivity index (χ1) is 8.93. The minimum Gasteiger partial charge on any atom is -0.384 e. The second-order valence-electron chi connectivity index (χ2n) is 5.87. The molecule has 0 spiro atoms. The van der Waals surface area contributed by atoms with Crippen molar-refractivity contribution in [3.05, 3.63) is 34.4 Å². The van der Waals surface area contributed by atoms with Gasteiger partial charge in [-0.3, -0.25) is 4.98 Å². The summed E-state index contributed by atoms with van der Waals surface area (Å²) in [7, 11) is 0. The predicted molar refractivity (Wildman–Crippen MR) is 86.9 cm³/mol. The van der Waals surface area contributed by atoms with Crippen LogP contribution in [-0.2, 0) is 5.41 Å². The highest BCUT2D eigenvalue weighted by molar-refractivity contribution is 9.10. The molecular formula is C16H21BrN2. The van der Waals surface area contributed by atoms with Gasteiger partial charge in [-0.05, 0) is 34.5 Å². The van der Waals surface area contributed by atoms with Crippen LogP contribution < -0.4 is 5.32 Å². The largest absolute Gasteiger partial charge is 0.384 e. The number of para-hydroxylation sites is 1. The Morgan fingerprint density at radius 1 is 1.26 bits per heavy atom. The van der Waals surface area contributed by atoms with Gasteiger partial charge in [0.25, 0.3) is 0 Å².